The number of thiophene rings is 1. The van der Waals surface area contributed by atoms with Crippen LogP contribution < -0.4 is 10.9 Å². The van der Waals surface area contributed by atoms with Gasteiger partial charge in [0.1, 0.15) is 11.1 Å². The number of nitrogens with one attached hydrogen (secondary N) is 2. The molecule has 2 N–H and O–H groups in total. The number of para-hydroxylation sites is 1. The Kier molecular flexibility index (Phi) is 5.38. The Morgan fingerprint density at radius 1 is 1.37 bits per heavy atom. The van der Waals surface area contributed by atoms with Crippen molar-refractivity contribution in [3.63, 3.8) is 0 Å². The van der Waals surface area contributed by atoms with Gasteiger partial charge in [-0.2, -0.15) is 5.26 Å². The molecule has 0 spiro atoms. The quantitative estimate of drug-likeness (QED) is 0.627. The third-order valence-corrected chi connectivity index (χ3v) is 6.35. The van der Waals surface area contributed by atoms with Gasteiger partial charge in [0, 0.05) is 21.8 Å². The van der Waals surface area contributed by atoms with Crippen LogP contribution in [0.2, 0.25) is 0 Å². The lowest BCUT2D eigenvalue weighted by Gasteiger charge is -2.17. The molecule has 8 heteroatoms. The second kappa shape index (κ2) is 8.13. The molecule has 7 nitrogen and oxygen atoms in total. The van der Waals surface area contributed by atoms with Crippen LogP contribution in [0.3, 0.4) is 0 Å². The highest BCUT2D eigenvalue weighted by atomic mass is 32.1. The number of fused-ring (bicyclic) bond motifs is 2. The number of esters is 1. The first-order chi connectivity index (χ1) is 14.5. The van der Waals surface area contributed by atoms with Gasteiger partial charge in [-0.05, 0) is 36.8 Å². The minimum atomic E-state index is -0.757. The molecule has 1 aromatic carbocycles. The van der Waals surface area contributed by atoms with Crippen molar-refractivity contribution < 1.29 is 14.3 Å². The third-order valence-electron chi connectivity index (χ3n) is 5.18. The monoisotopic (exact) mass is 421 g/mol. The van der Waals surface area contributed by atoms with Gasteiger partial charge >= 0.3 is 5.97 Å². The second-order valence-electron chi connectivity index (χ2n) is 7.38. The number of aromatic nitrogens is 1. The van der Waals surface area contributed by atoms with E-state index in [1.807, 2.05) is 0 Å². The highest BCUT2D eigenvalue weighted by Crippen LogP contribution is 2.39. The SMILES string of the molecule is C[C@@H]1CCc2c(sc(NC(=O)COC(=O)c3cc(=O)[nH]c4ccccc34)c2C#N)C1. The Morgan fingerprint density at radius 3 is 2.97 bits per heavy atom. The van der Waals surface area contributed by atoms with E-state index < -0.39 is 24.0 Å². The number of nitriles is 1. The lowest BCUT2D eigenvalue weighted by atomic mass is 9.89. The number of carbonyl (C=O) groups is 2. The summed E-state index contributed by atoms with van der Waals surface area (Å²) in [4.78, 5) is 40.4. The maximum atomic E-state index is 12.5. The first kappa shape index (κ1) is 19.9. The van der Waals surface area contributed by atoms with Crippen LogP contribution in [0.25, 0.3) is 10.9 Å². The van der Waals surface area contributed by atoms with E-state index in [1.165, 1.54) is 11.3 Å². The first-order valence-corrected chi connectivity index (χ1v) is 10.4. The lowest BCUT2D eigenvalue weighted by molar-refractivity contribution is -0.119. The van der Waals surface area contributed by atoms with E-state index in [4.69, 9.17) is 4.74 Å². The average Bonchev–Trinajstić information content (AvgIpc) is 3.07. The molecule has 0 radical (unpaired) electrons. The Morgan fingerprint density at radius 2 is 2.17 bits per heavy atom. The summed E-state index contributed by atoms with van der Waals surface area (Å²) < 4.78 is 5.14. The summed E-state index contributed by atoms with van der Waals surface area (Å²) in [5.41, 5.74) is 1.70. The van der Waals surface area contributed by atoms with Gasteiger partial charge in [0.15, 0.2) is 6.61 Å². The molecule has 0 saturated heterocycles. The number of amides is 1. The number of nitrogens with zero attached hydrogens (tertiary/aromatic N) is 1. The van der Waals surface area contributed by atoms with Crippen LogP contribution in [-0.2, 0) is 22.4 Å². The molecule has 3 aromatic rings. The standard InChI is InChI=1S/C22H19N3O4S/c1-12-6-7-14-16(10-23)21(30-18(14)8-12)25-20(27)11-29-22(28)15-9-19(26)24-17-5-3-2-4-13(15)17/h2-5,9,12H,6-8,11H2,1H3,(H,24,26)(H,25,27)/t12-/m1/s1. The summed E-state index contributed by atoms with van der Waals surface area (Å²) in [7, 11) is 0. The fourth-order valence-electron chi connectivity index (χ4n) is 3.70. The summed E-state index contributed by atoms with van der Waals surface area (Å²) in [5.74, 6) is -0.732. The number of pyridine rings is 1. The Bertz CT molecular complexity index is 1250. The summed E-state index contributed by atoms with van der Waals surface area (Å²) in [6, 6.07) is 10.2. The number of anilines is 1. The molecule has 1 aliphatic carbocycles. The van der Waals surface area contributed by atoms with Crippen molar-refractivity contribution in [1.82, 2.24) is 4.98 Å². The molecule has 1 atom stereocenters. The van der Waals surface area contributed by atoms with Gasteiger partial charge < -0.3 is 15.0 Å². The molecule has 0 bridgehead atoms. The largest absolute Gasteiger partial charge is 0.452 e. The number of aromatic amines is 1. The van der Waals surface area contributed by atoms with Gasteiger partial charge in [0.05, 0.1) is 11.1 Å². The topological polar surface area (TPSA) is 112 Å². The third kappa shape index (κ3) is 3.84. The zero-order valence-corrected chi connectivity index (χ0v) is 17.1. The van der Waals surface area contributed by atoms with Crippen LogP contribution >= 0.6 is 11.3 Å². The maximum Gasteiger partial charge on any atom is 0.339 e. The smallest absolute Gasteiger partial charge is 0.339 e. The van der Waals surface area contributed by atoms with Crippen molar-refractivity contribution in [2.45, 2.75) is 26.2 Å². The Hall–Kier alpha value is -3.44. The lowest BCUT2D eigenvalue weighted by Crippen LogP contribution is -2.22. The van der Waals surface area contributed by atoms with Gasteiger partial charge in [-0.3, -0.25) is 9.59 Å². The number of hydrogen-bond acceptors (Lipinski definition) is 6. The fraction of sp³-hybridized carbons (Fsp3) is 0.273. The molecule has 0 fully saturated rings. The minimum Gasteiger partial charge on any atom is -0.452 e. The molecular formula is C22H19N3O4S. The van der Waals surface area contributed by atoms with Crippen molar-refractivity contribution in [2.75, 3.05) is 11.9 Å². The minimum absolute atomic E-state index is 0.0976. The van der Waals surface area contributed by atoms with Crippen molar-refractivity contribution in [3.8, 4) is 6.07 Å². The number of rotatable bonds is 4. The van der Waals surface area contributed by atoms with Gasteiger partial charge in [-0.1, -0.05) is 25.1 Å². The number of carbonyl (C=O) groups excluding carboxylic acids is 2. The molecule has 152 valence electrons. The highest BCUT2D eigenvalue weighted by molar-refractivity contribution is 7.16. The molecule has 0 saturated carbocycles. The molecule has 1 amide bonds. The van der Waals surface area contributed by atoms with Gasteiger partial charge in [-0.15, -0.1) is 11.3 Å². The van der Waals surface area contributed by atoms with Crippen LogP contribution in [-0.4, -0.2) is 23.5 Å². The van der Waals surface area contributed by atoms with Crippen LogP contribution in [0.4, 0.5) is 5.00 Å². The molecule has 2 aromatic heterocycles. The van der Waals surface area contributed by atoms with E-state index in [9.17, 15) is 19.6 Å². The Labute approximate surface area is 176 Å². The first-order valence-electron chi connectivity index (χ1n) is 9.60. The molecular weight excluding hydrogens is 402 g/mol. The zero-order chi connectivity index (χ0) is 21.3. The highest BCUT2D eigenvalue weighted by Gasteiger charge is 2.25. The van der Waals surface area contributed by atoms with Crippen molar-refractivity contribution in [1.29, 1.82) is 5.26 Å². The number of benzene rings is 1. The predicted octanol–water partition coefficient (Wildman–Crippen LogP) is 3.38. The van der Waals surface area contributed by atoms with Crippen molar-refractivity contribution >= 4 is 39.1 Å². The molecule has 0 unspecified atom stereocenters. The number of hydrogen-bond donors (Lipinski definition) is 2. The van der Waals surface area contributed by atoms with Crippen molar-refractivity contribution in [3.05, 3.63) is 62.3 Å². The van der Waals surface area contributed by atoms with E-state index in [1.54, 1.807) is 24.3 Å². The maximum absolute atomic E-state index is 12.5. The molecule has 4 rings (SSSR count). The van der Waals surface area contributed by atoms with E-state index in [2.05, 4.69) is 23.3 Å². The normalized spacial score (nSPS) is 15.3. The van der Waals surface area contributed by atoms with E-state index in [-0.39, 0.29) is 5.56 Å². The Balaban J connectivity index is 1.47. The molecule has 2 heterocycles. The van der Waals surface area contributed by atoms with Crippen LogP contribution in [0.5, 0.6) is 0 Å². The van der Waals surface area contributed by atoms with Crippen LogP contribution in [0, 0.1) is 17.2 Å². The van der Waals surface area contributed by atoms with Gasteiger partial charge in [-0.25, -0.2) is 4.79 Å². The fourth-order valence-corrected chi connectivity index (χ4v) is 5.08. The molecule has 30 heavy (non-hydrogen) atoms. The summed E-state index contributed by atoms with van der Waals surface area (Å²) in [6.07, 6.45) is 2.75. The number of ether oxygens (including phenoxy) is 1. The van der Waals surface area contributed by atoms with E-state index in [0.29, 0.717) is 27.4 Å². The van der Waals surface area contributed by atoms with Crippen LogP contribution in [0.15, 0.2) is 35.1 Å². The summed E-state index contributed by atoms with van der Waals surface area (Å²) >= 11 is 1.41. The average molecular weight is 421 g/mol. The zero-order valence-electron chi connectivity index (χ0n) is 16.3. The van der Waals surface area contributed by atoms with Gasteiger partial charge in [0.25, 0.3) is 5.91 Å². The summed E-state index contributed by atoms with van der Waals surface area (Å²) in [6.45, 7) is 1.66. The number of H-pyrrole nitrogens is 1. The van der Waals surface area contributed by atoms with E-state index >= 15 is 0 Å². The van der Waals surface area contributed by atoms with Crippen molar-refractivity contribution in [2.24, 2.45) is 5.92 Å². The van der Waals surface area contributed by atoms with Gasteiger partial charge in [0.2, 0.25) is 5.56 Å². The van der Waals surface area contributed by atoms with Crippen LogP contribution in [0.1, 0.15) is 39.7 Å². The predicted molar refractivity (Wildman–Crippen MR) is 114 cm³/mol. The summed E-state index contributed by atoms with van der Waals surface area (Å²) in [5, 5.41) is 13.3. The second-order valence-corrected chi connectivity index (χ2v) is 8.49. The molecule has 1 aliphatic rings. The molecule has 0 aliphatic heterocycles. The van der Waals surface area contributed by atoms with E-state index in [0.717, 1.165) is 35.8 Å².